The highest BCUT2D eigenvalue weighted by Gasteiger charge is 2.15. The van der Waals surface area contributed by atoms with Crippen LogP contribution in [0, 0.1) is 10.1 Å². The van der Waals surface area contributed by atoms with Gasteiger partial charge in [0.25, 0.3) is 5.69 Å². The van der Waals surface area contributed by atoms with Crippen LogP contribution < -0.4 is 10.1 Å². The fourth-order valence-corrected chi connectivity index (χ4v) is 3.11. The minimum Gasteiger partial charge on any atom is -0.456 e. The molecule has 8 nitrogen and oxygen atoms in total. The van der Waals surface area contributed by atoms with Gasteiger partial charge in [-0.1, -0.05) is 15.9 Å². The molecule has 1 N–H and O–H groups in total. The number of nitro benzene ring substituents is 1. The van der Waals surface area contributed by atoms with Gasteiger partial charge in [0.1, 0.15) is 17.2 Å². The molecular weight excluding hydrogens is 507 g/mol. The average Bonchev–Trinajstić information content (AvgIpc) is 2.64. The van der Waals surface area contributed by atoms with Crippen molar-refractivity contribution in [2.24, 2.45) is 0 Å². The zero-order valence-corrected chi connectivity index (χ0v) is 18.8. The van der Waals surface area contributed by atoms with Gasteiger partial charge in [-0.2, -0.15) is 0 Å². The monoisotopic (exact) mass is 523 g/mol. The van der Waals surface area contributed by atoms with E-state index < -0.39 is 13.2 Å². The second-order valence-electron chi connectivity index (χ2n) is 4.73. The van der Waals surface area contributed by atoms with Crippen molar-refractivity contribution in [3.63, 3.8) is 0 Å². The van der Waals surface area contributed by atoms with E-state index in [1.165, 1.54) is 20.3 Å². The summed E-state index contributed by atoms with van der Waals surface area (Å²) in [6, 6.07) is 10.2. The van der Waals surface area contributed by atoms with Crippen molar-refractivity contribution in [3.8, 4) is 11.5 Å². The lowest BCUT2D eigenvalue weighted by molar-refractivity contribution is -0.384. The molecule has 0 bridgehead atoms. The Kier molecular flexibility index (Phi) is 10.4. The molecule has 2 aromatic rings. The van der Waals surface area contributed by atoms with Crippen molar-refractivity contribution in [1.82, 2.24) is 0 Å². The molecule has 0 amide bonds. The summed E-state index contributed by atoms with van der Waals surface area (Å²) >= 11 is 6.78. The van der Waals surface area contributed by atoms with Crippen LogP contribution in [0.2, 0.25) is 0 Å². The van der Waals surface area contributed by atoms with E-state index >= 15 is 0 Å². The number of nitrogens with zero attached hydrogens (tertiary/aromatic N) is 1. The van der Waals surface area contributed by atoms with Crippen molar-refractivity contribution in [1.29, 1.82) is 0 Å². The van der Waals surface area contributed by atoms with Crippen LogP contribution in [0.25, 0.3) is 0 Å². The molecule has 0 heterocycles. The predicted molar refractivity (Wildman–Crippen MR) is 111 cm³/mol. The Labute approximate surface area is 174 Å². The Morgan fingerprint density at radius 1 is 1.15 bits per heavy atom. The van der Waals surface area contributed by atoms with Crippen LogP contribution in [0.4, 0.5) is 11.4 Å². The number of benzene rings is 2. The molecule has 0 aliphatic carbocycles. The standard InChI is InChI=1S/C14H12Br2N2O3.C2H6O3P/c1-2-17-12-8-10(4-5-13(12)18(19)20)21-14-6-3-9(15)7-11(14)16;1-4-6(3)5-2/h3-8,17H,2H2,1H3;1-2H3/q;+1. The highest BCUT2D eigenvalue weighted by Crippen LogP contribution is 2.35. The summed E-state index contributed by atoms with van der Waals surface area (Å²) in [4.78, 5) is 10.6. The first-order valence-electron chi connectivity index (χ1n) is 7.53. The lowest BCUT2D eigenvalue weighted by Crippen LogP contribution is -2.01. The fraction of sp³-hybridized carbons (Fsp3) is 0.250. The van der Waals surface area contributed by atoms with E-state index in [1.807, 2.05) is 25.1 Å². The number of ether oxygens (including phenoxy) is 1. The van der Waals surface area contributed by atoms with Gasteiger partial charge in [0.05, 0.1) is 23.6 Å². The average molecular weight is 525 g/mol. The molecule has 0 fully saturated rings. The van der Waals surface area contributed by atoms with Gasteiger partial charge in [-0.05, 0) is 47.1 Å². The van der Waals surface area contributed by atoms with Gasteiger partial charge < -0.3 is 10.1 Å². The third-order valence-electron chi connectivity index (χ3n) is 2.95. The van der Waals surface area contributed by atoms with E-state index in [9.17, 15) is 14.7 Å². The first-order valence-corrected chi connectivity index (χ1v) is 10.2. The lowest BCUT2D eigenvalue weighted by Gasteiger charge is -2.10. The van der Waals surface area contributed by atoms with Crippen LogP contribution in [0.5, 0.6) is 11.5 Å². The summed E-state index contributed by atoms with van der Waals surface area (Å²) in [6.45, 7) is 2.47. The number of hydrogen-bond donors (Lipinski definition) is 1. The van der Waals surface area contributed by atoms with Gasteiger partial charge in [-0.15, -0.1) is 9.05 Å². The smallest absolute Gasteiger partial charge is 0.456 e. The zero-order valence-electron chi connectivity index (χ0n) is 14.8. The number of nitrogens with one attached hydrogen (secondary N) is 1. The summed E-state index contributed by atoms with van der Waals surface area (Å²) < 4.78 is 25.7. The minimum absolute atomic E-state index is 0.0269. The van der Waals surface area contributed by atoms with Crippen LogP contribution in [0.3, 0.4) is 0 Å². The highest BCUT2D eigenvalue weighted by atomic mass is 79.9. The highest BCUT2D eigenvalue weighted by molar-refractivity contribution is 9.11. The first-order chi connectivity index (χ1) is 12.8. The Balaban J connectivity index is 0.000000527. The molecule has 0 spiro atoms. The largest absolute Gasteiger partial charge is 0.696 e. The van der Waals surface area contributed by atoms with Crippen molar-refractivity contribution in [2.75, 3.05) is 26.1 Å². The van der Waals surface area contributed by atoms with E-state index in [0.29, 0.717) is 23.7 Å². The fourth-order valence-electron chi connectivity index (χ4n) is 1.83. The van der Waals surface area contributed by atoms with Crippen LogP contribution in [-0.4, -0.2) is 25.7 Å². The Bertz CT molecular complexity index is 800. The maximum Gasteiger partial charge on any atom is 0.696 e. The zero-order chi connectivity index (χ0) is 20.4. The van der Waals surface area contributed by atoms with Gasteiger partial charge in [-0.3, -0.25) is 10.1 Å². The second kappa shape index (κ2) is 12.0. The maximum absolute atomic E-state index is 11.0. The quantitative estimate of drug-likeness (QED) is 0.258. The SMILES string of the molecule is CCNc1cc(Oc2ccc(Br)cc2Br)ccc1[N+](=O)[O-].CO[P+](=O)OC. The van der Waals surface area contributed by atoms with E-state index in [-0.39, 0.29) is 5.69 Å². The van der Waals surface area contributed by atoms with Crippen LogP contribution in [-0.2, 0) is 13.6 Å². The molecule has 0 aliphatic rings. The van der Waals surface area contributed by atoms with Crippen molar-refractivity contribution in [3.05, 3.63) is 55.5 Å². The summed E-state index contributed by atoms with van der Waals surface area (Å²) in [7, 11) is 0.817. The summed E-state index contributed by atoms with van der Waals surface area (Å²) in [5.41, 5.74) is 0.465. The molecule has 2 aromatic carbocycles. The minimum atomic E-state index is -1.83. The van der Waals surface area contributed by atoms with E-state index in [0.717, 1.165) is 8.95 Å². The molecule has 11 heteroatoms. The molecule has 0 saturated carbocycles. The van der Waals surface area contributed by atoms with Crippen LogP contribution in [0.1, 0.15) is 6.92 Å². The molecule has 0 unspecified atom stereocenters. The van der Waals surface area contributed by atoms with Gasteiger partial charge in [-0.25, -0.2) is 0 Å². The number of anilines is 1. The lowest BCUT2D eigenvalue weighted by atomic mass is 10.2. The molecule has 2 rings (SSSR count). The molecule has 0 saturated heterocycles. The molecular formula is C16H18Br2N2O6P+. The third-order valence-corrected chi connectivity index (χ3v) is 4.66. The van der Waals surface area contributed by atoms with Crippen molar-refractivity contribution in [2.45, 2.75) is 6.92 Å². The van der Waals surface area contributed by atoms with Gasteiger partial charge in [0.15, 0.2) is 0 Å². The Morgan fingerprint density at radius 2 is 1.81 bits per heavy atom. The van der Waals surface area contributed by atoms with Gasteiger partial charge in [0.2, 0.25) is 0 Å². The summed E-state index contributed by atoms with van der Waals surface area (Å²) in [5.74, 6) is 1.16. The normalized spacial score (nSPS) is 9.81. The summed E-state index contributed by atoms with van der Waals surface area (Å²) in [5, 5.41) is 13.9. The van der Waals surface area contributed by atoms with E-state index in [4.69, 9.17) is 4.74 Å². The predicted octanol–water partition coefficient (Wildman–Crippen LogP) is 6.28. The number of halogens is 2. The van der Waals surface area contributed by atoms with Crippen molar-refractivity contribution < 1.29 is 23.3 Å². The Morgan fingerprint density at radius 3 is 2.30 bits per heavy atom. The molecule has 0 aliphatic heterocycles. The van der Waals surface area contributed by atoms with E-state index in [1.54, 1.807) is 12.1 Å². The van der Waals surface area contributed by atoms with Crippen LogP contribution >= 0.6 is 40.1 Å². The summed E-state index contributed by atoms with van der Waals surface area (Å²) in [6.07, 6.45) is 0. The molecule has 0 radical (unpaired) electrons. The molecule has 0 atom stereocenters. The topological polar surface area (TPSA) is 99.9 Å². The molecule has 27 heavy (non-hydrogen) atoms. The second-order valence-corrected chi connectivity index (χ2v) is 7.68. The van der Waals surface area contributed by atoms with Crippen LogP contribution in [0.15, 0.2) is 45.3 Å². The van der Waals surface area contributed by atoms with Gasteiger partial charge in [0, 0.05) is 27.7 Å². The third kappa shape index (κ3) is 7.90. The first kappa shape index (κ1) is 23.5. The van der Waals surface area contributed by atoms with Crippen molar-refractivity contribution >= 4 is 51.5 Å². The number of rotatable bonds is 7. The number of hydrogen-bond acceptors (Lipinski definition) is 7. The Hall–Kier alpha value is -1.58. The molecule has 0 aromatic heterocycles. The van der Waals surface area contributed by atoms with Gasteiger partial charge >= 0.3 is 8.25 Å². The van der Waals surface area contributed by atoms with E-state index in [2.05, 4.69) is 46.2 Å². The number of nitro groups is 1. The maximum atomic E-state index is 11.0. The molecule has 146 valence electrons.